The molecule has 3 heteroatoms. The third-order valence-corrected chi connectivity index (χ3v) is 5.66. The molecule has 0 saturated heterocycles. The highest BCUT2D eigenvalue weighted by atomic mass is 28.3. The molecule has 0 aromatic rings. The summed E-state index contributed by atoms with van der Waals surface area (Å²) in [7, 11) is -1.43. The average Bonchev–Trinajstić information content (AvgIpc) is 2.37. The third-order valence-electron chi connectivity index (χ3n) is 3.27. The smallest absolute Gasteiger partial charge is 0.324 e. The first-order valence-electron chi connectivity index (χ1n) is 7.99. The first-order valence-corrected chi connectivity index (χ1v) is 9.60. The van der Waals surface area contributed by atoms with Crippen molar-refractivity contribution in [2.24, 2.45) is 0 Å². The van der Waals surface area contributed by atoms with E-state index < -0.39 is 9.28 Å². The van der Waals surface area contributed by atoms with Crippen LogP contribution in [0.15, 0.2) is 0 Å². The molecule has 2 nitrogen and oxygen atoms in total. The number of hydrogen-bond acceptors (Lipinski definition) is 2. The average molecular weight is 275 g/mol. The van der Waals surface area contributed by atoms with Crippen molar-refractivity contribution in [3.8, 4) is 0 Å². The van der Waals surface area contributed by atoms with E-state index in [1.807, 2.05) is 0 Å². The Morgan fingerprint density at radius 3 is 1.67 bits per heavy atom. The second-order valence-electron chi connectivity index (χ2n) is 5.29. The van der Waals surface area contributed by atoms with Crippen LogP contribution in [-0.2, 0) is 8.85 Å². The lowest BCUT2D eigenvalue weighted by Gasteiger charge is -2.22. The van der Waals surface area contributed by atoms with Crippen molar-refractivity contribution in [3.05, 3.63) is 0 Å². The van der Waals surface area contributed by atoms with E-state index in [-0.39, 0.29) is 0 Å². The lowest BCUT2D eigenvalue weighted by atomic mass is 10.3. The molecule has 0 bridgehead atoms. The summed E-state index contributed by atoms with van der Waals surface area (Å²) >= 11 is 0. The molecular formula is C15H34O2Si. The van der Waals surface area contributed by atoms with Gasteiger partial charge in [0.2, 0.25) is 0 Å². The SMILES string of the molecule is CCCCCO[SiH](OCCCCC)C(C)CCC. The Labute approximate surface area is 116 Å². The third kappa shape index (κ3) is 10.1. The fraction of sp³-hybridized carbons (Fsp3) is 1.00. The molecule has 0 aliphatic heterocycles. The van der Waals surface area contributed by atoms with Gasteiger partial charge >= 0.3 is 9.28 Å². The molecule has 0 aliphatic rings. The number of unbranched alkanes of at least 4 members (excludes halogenated alkanes) is 4. The predicted octanol–water partition coefficient (Wildman–Crippen LogP) is 4.81. The lowest BCUT2D eigenvalue weighted by molar-refractivity contribution is 0.181. The Morgan fingerprint density at radius 2 is 1.28 bits per heavy atom. The monoisotopic (exact) mass is 274 g/mol. The van der Waals surface area contributed by atoms with Crippen LogP contribution in [0, 0.1) is 0 Å². The van der Waals surface area contributed by atoms with Gasteiger partial charge in [-0.3, -0.25) is 0 Å². The van der Waals surface area contributed by atoms with Gasteiger partial charge in [-0.05, 0) is 24.8 Å². The van der Waals surface area contributed by atoms with Gasteiger partial charge in [-0.15, -0.1) is 0 Å². The summed E-state index contributed by atoms with van der Waals surface area (Å²) in [6.45, 7) is 10.8. The molecule has 0 aromatic heterocycles. The van der Waals surface area contributed by atoms with Crippen LogP contribution in [0.1, 0.15) is 79.1 Å². The molecule has 18 heavy (non-hydrogen) atoms. The summed E-state index contributed by atoms with van der Waals surface area (Å²) in [6, 6.07) is 0. The maximum Gasteiger partial charge on any atom is 0.324 e. The van der Waals surface area contributed by atoms with Gasteiger partial charge in [-0.25, -0.2) is 0 Å². The summed E-state index contributed by atoms with van der Waals surface area (Å²) in [5, 5.41) is 0. The molecule has 0 spiro atoms. The van der Waals surface area contributed by atoms with Gasteiger partial charge in [0.1, 0.15) is 0 Å². The summed E-state index contributed by atoms with van der Waals surface area (Å²) in [5.41, 5.74) is 0.651. The van der Waals surface area contributed by atoms with Crippen molar-refractivity contribution in [1.29, 1.82) is 0 Å². The Morgan fingerprint density at radius 1 is 0.778 bits per heavy atom. The highest BCUT2D eigenvalue weighted by Crippen LogP contribution is 2.19. The van der Waals surface area contributed by atoms with Crippen LogP contribution in [0.25, 0.3) is 0 Å². The predicted molar refractivity (Wildman–Crippen MR) is 82.4 cm³/mol. The highest BCUT2D eigenvalue weighted by molar-refractivity contribution is 6.46. The minimum atomic E-state index is -1.43. The van der Waals surface area contributed by atoms with E-state index in [0.29, 0.717) is 5.54 Å². The van der Waals surface area contributed by atoms with Crippen LogP contribution in [0.2, 0.25) is 5.54 Å². The van der Waals surface area contributed by atoms with Crippen molar-refractivity contribution in [3.63, 3.8) is 0 Å². The summed E-state index contributed by atoms with van der Waals surface area (Å²) < 4.78 is 12.1. The Balaban J connectivity index is 3.84. The molecule has 0 heterocycles. The minimum Gasteiger partial charge on any atom is -0.396 e. The van der Waals surface area contributed by atoms with Crippen molar-refractivity contribution in [1.82, 2.24) is 0 Å². The van der Waals surface area contributed by atoms with Gasteiger partial charge in [-0.2, -0.15) is 0 Å². The molecule has 0 N–H and O–H groups in total. The summed E-state index contributed by atoms with van der Waals surface area (Å²) in [6.07, 6.45) is 9.95. The highest BCUT2D eigenvalue weighted by Gasteiger charge is 2.21. The maximum absolute atomic E-state index is 6.06. The molecule has 0 aliphatic carbocycles. The zero-order valence-corrected chi connectivity index (χ0v) is 14.2. The zero-order chi connectivity index (χ0) is 13.6. The van der Waals surface area contributed by atoms with E-state index in [0.717, 1.165) is 13.2 Å². The van der Waals surface area contributed by atoms with Crippen molar-refractivity contribution in [2.75, 3.05) is 13.2 Å². The second-order valence-corrected chi connectivity index (χ2v) is 7.83. The molecule has 0 fully saturated rings. The molecule has 110 valence electrons. The quantitative estimate of drug-likeness (QED) is 0.354. The van der Waals surface area contributed by atoms with Gasteiger partial charge < -0.3 is 8.85 Å². The molecular weight excluding hydrogens is 240 g/mol. The summed E-state index contributed by atoms with van der Waals surface area (Å²) in [4.78, 5) is 0. The largest absolute Gasteiger partial charge is 0.396 e. The topological polar surface area (TPSA) is 18.5 Å². The van der Waals surface area contributed by atoms with Crippen LogP contribution in [0.3, 0.4) is 0 Å². The van der Waals surface area contributed by atoms with E-state index in [4.69, 9.17) is 8.85 Å². The van der Waals surface area contributed by atoms with Crippen LogP contribution in [-0.4, -0.2) is 22.5 Å². The van der Waals surface area contributed by atoms with Crippen LogP contribution in [0.4, 0.5) is 0 Å². The molecule has 1 unspecified atom stereocenters. The molecule has 0 aromatic carbocycles. The van der Waals surface area contributed by atoms with Crippen molar-refractivity contribution in [2.45, 2.75) is 84.6 Å². The lowest BCUT2D eigenvalue weighted by Crippen LogP contribution is -2.28. The molecule has 1 atom stereocenters. The van der Waals surface area contributed by atoms with Gasteiger partial charge in [0, 0.05) is 13.2 Å². The standard InChI is InChI=1S/C15H34O2Si/c1-5-8-10-13-16-18(15(4)12-7-3)17-14-11-9-6-2/h15,18H,5-14H2,1-4H3. The van der Waals surface area contributed by atoms with Gasteiger partial charge in [-0.1, -0.05) is 59.8 Å². The van der Waals surface area contributed by atoms with Gasteiger partial charge in [0.25, 0.3) is 0 Å². The van der Waals surface area contributed by atoms with E-state index in [9.17, 15) is 0 Å². The Kier molecular flexibility index (Phi) is 13.7. The van der Waals surface area contributed by atoms with Crippen molar-refractivity contribution >= 4 is 9.28 Å². The van der Waals surface area contributed by atoms with E-state index >= 15 is 0 Å². The molecule has 0 saturated carbocycles. The van der Waals surface area contributed by atoms with E-state index in [1.165, 1.54) is 51.4 Å². The Hall–Kier alpha value is 0.137. The maximum atomic E-state index is 6.06. The summed E-state index contributed by atoms with van der Waals surface area (Å²) in [5.74, 6) is 0. The minimum absolute atomic E-state index is 0.651. The Bertz CT molecular complexity index is 153. The molecule has 0 radical (unpaired) electrons. The van der Waals surface area contributed by atoms with Crippen LogP contribution < -0.4 is 0 Å². The second kappa shape index (κ2) is 13.6. The number of rotatable bonds is 13. The normalized spacial score (nSPS) is 13.2. The van der Waals surface area contributed by atoms with Gasteiger partial charge in [0.15, 0.2) is 0 Å². The first kappa shape index (κ1) is 18.1. The van der Waals surface area contributed by atoms with Crippen molar-refractivity contribution < 1.29 is 8.85 Å². The number of hydrogen-bond donors (Lipinski definition) is 0. The fourth-order valence-electron chi connectivity index (χ4n) is 2.07. The van der Waals surface area contributed by atoms with Gasteiger partial charge in [0.05, 0.1) is 0 Å². The fourth-order valence-corrected chi connectivity index (χ4v) is 4.23. The van der Waals surface area contributed by atoms with Crippen LogP contribution in [0.5, 0.6) is 0 Å². The van der Waals surface area contributed by atoms with E-state index in [1.54, 1.807) is 0 Å². The van der Waals surface area contributed by atoms with Crippen LogP contribution >= 0.6 is 0 Å². The van der Waals surface area contributed by atoms with E-state index in [2.05, 4.69) is 27.7 Å². The zero-order valence-electron chi connectivity index (χ0n) is 13.0. The molecule has 0 rings (SSSR count). The first-order chi connectivity index (χ1) is 8.76. The molecule has 0 amide bonds.